The summed E-state index contributed by atoms with van der Waals surface area (Å²) in [4.78, 5) is 10.5. The van der Waals surface area contributed by atoms with Gasteiger partial charge in [-0.1, -0.05) is 0 Å². The van der Waals surface area contributed by atoms with Gasteiger partial charge in [-0.3, -0.25) is 4.79 Å². The molecule has 0 radical (unpaired) electrons. The molecule has 1 atom stereocenters. The van der Waals surface area contributed by atoms with Gasteiger partial charge < -0.3 is 14.9 Å². The minimum Gasteiger partial charge on any atom is -0.497 e. The number of benzene rings is 1. The van der Waals surface area contributed by atoms with Crippen molar-refractivity contribution in [1.29, 1.82) is 0 Å². The van der Waals surface area contributed by atoms with E-state index in [9.17, 15) is 9.90 Å². The standard InChI is InChI=1S/C13H18O4/c1-8-6-10(17-3)7-9(2)13(8)11(14)4-5-12(15)16/h6-7,11,14H,4-5H2,1-3H3,(H,15,16). The Balaban J connectivity index is 2.93. The van der Waals surface area contributed by atoms with E-state index < -0.39 is 12.1 Å². The second kappa shape index (κ2) is 5.68. The highest BCUT2D eigenvalue weighted by Gasteiger charge is 2.15. The molecule has 0 aliphatic rings. The highest BCUT2D eigenvalue weighted by atomic mass is 16.5. The van der Waals surface area contributed by atoms with E-state index in [4.69, 9.17) is 9.84 Å². The van der Waals surface area contributed by atoms with E-state index >= 15 is 0 Å². The fourth-order valence-electron chi connectivity index (χ4n) is 1.98. The molecule has 17 heavy (non-hydrogen) atoms. The fraction of sp³-hybridized carbons (Fsp3) is 0.462. The van der Waals surface area contributed by atoms with Crippen LogP contribution < -0.4 is 4.74 Å². The molecule has 0 saturated carbocycles. The molecule has 0 aromatic heterocycles. The average molecular weight is 238 g/mol. The van der Waals surface area contributed by atoms with Gasteiger partial charge in [0.05, 0.1) is 13.2 Å². The number of aliphatic hydroxyl groups excluding tert-OH is 1. The number of carboxylic acid groups (broad SMARTS) is 1. The van der Waals surface area contributed by atoms with E-state index in [2.05, 4.69) is 0 Å². The Kier molecular flexibility index (Phi) is 4.52. The number of aliphatic carboxylic acids is 1. The Labute approximate surface area is 101 Å². The second-order valence-electron chi connectivity index (χ2n) is 4.12. The van der Waals surface area contributed by atoms with Gasteiger partial charge in [0.15, 0.2) is 0 Å². The lowest BCUT2D eigenvalue weighted by Crippen LogP contribution is -2.06. The van der Waals surface area contributed by atoms with Crippen LogP contribution in [-0.2, 0) is 4.79 Å². The van der Waals surface area contributed by atoms with Crippen LogP contribution in [-0.4, -0.2) is 23.3 Å². The highest BCUT2D eigenvalue weighted by Crippen LogP contribution is 2.29. The third-order valence-corrected chi connectivity index (χ3v) is 2.77. The molecule has 0 amide bonds. The third kappa shape index (κ3) is 3.46. The molecule has 0 spiro atoms. The molecule has 2 N–H and O–H groups in total. The van der Waals surface area contributed by atoms with Crippen LogP contribution >= 0.6 is 0 Å². The van der Waals surface area contributed by atoms with E-state index in [1.807, 2.05) is 26.0 Å². The Morgan fingerprint density at radius 2 is 1.88 bits per heavy atom. The maximum atomic E-state index is 10.5. The molecule has 0 heterocycles. The van der Waals surface area contributed by atoms with Crippen LogP contribution in [0.25, 0.3) is 0 Å². The summed E-state index contributed by atoms with van der Waals surface area (Å²) in [5, 5.41) is 18.6. The fourth-order valence-corrected chi connectivity index (χ4v) is 1.98. The van der Waals surface area contributed by atoms with Crippen molar-refractivity contribution in [2.45, 2.75) is 32.8 Å². The number of ether oxygens (including phenoxy) is 1. The second-order valence-corrected chi connectivity index (χ2v) is 4.12. The molecule has 1 aromatic carbocycles. The van der Waals surface area contributed by atoms with Crippen molar-refractivity contribution in [3.63, 3.8) is 0 Å². The molecule has 1 rings (SSSR count). The number of rotatable bonds is 5. The van der Waals surface area contributed by atoms with Crippen LogP contribution in [0.15, 0.2) is 12.1 Å². The number of hydrogen-bond acceptors (Lipinski definition) is 3. The minimum atomic E-state index is -0.895. The number of carboxylic acids is 1. The largest absolute Gasteiger partial charge is 0.497 e. The molecule has 0 saturated heterocycles. The number of hydrogen-bond donors (Lipinski definition) is 2. The van der Waals surface area contributed by atoms with Gasteiger partial charge in [-0.15, -0.1) is 0 Å². The quantitative estimate of drug-likeness (QED) is 0.825. The summed E-state index contributed by atoms with van der Waals surface area (Å²) in [5.74, 6) is -0.151. The molecule has 0 aliphatic heterocycles. The highest BCUT2D eigenvalue weighted by molar-refractivity contribution is 5.66. The van der Waals surface area contributed by atoms with E-state index in [1.165, 1.54) is 0 Å². The summed E-state index contributed by atoms with van der Waals surface area (Å²) >= 11 is 0. The van der Waals surface area contributed by atoms with Crippen LogP contribution in [0.4, 0.5) is 0 Å². The third-order valence-electron chi connectivity index (χ3n) is 2.77. The van der Waals surface area contributed by atoms with Crippen molar-refractivity contribution >= 4 is 5.97 Å². The average Bonchev–Trinajstić information content (AvgIpc) is 2.25. The summed E-state index contributed by atoms with van der Waals surface area (Å²) in [6, 6.07) is 3.68. The summed E-state index contributed by atoms with van der Waals surface area (Å²) in [6.45, 7) is 3.77. The van der Waals surface area contributed by atoms with Crippen LogP contribution in [0.1, 0.15) is 35.6 Å². The summed E-state index contributed by atoms with van der Waals surface area (Å²) in [6.07, 6.45) is -0.549. The predicted molar refractivity (Wildman–Crippen MR) is 64.3 cm³/mol. The Hall–Kier alpha value is -1.55. The molecule has 1 unspecified atom stereocenters. The smallest absolute Gasteiger partial charge is 0.303 e. The summed E-state index contributed by atoms with van der Waals surface area (Å²) in [7, 11) is 1.59. The van der Waals surface area contributed by atoms with E-state index in [0.29, 0.717) is 0 Å². The van der Waals surface area contributed by atoms with Crippen molar-refractivity contribution in [1.82, 2.24) is 0 Å². The zero-order chi connectivity index (χ0) is 13.0. The molecular weight excluding hydrogens is 220 g/mol. The van der Waals surface area contributed by atoms with Gasteiger partial charge in [0, 0.05) is 6.42 Å². The minimum absolute atomic E-state index is 0.0356. The van der Waals surface area contributed by atoms with E-state index in [1.54, 1.807) is 7.11 Å². The lowest BCUT2D eigenvalue weighted by atomic mass is 9.95. The van der Waals surface area contributed by atoms with Gasteiger partial charge in [0.1, 0.15) is 5.75 Å². The van der Waals surface area contributed by atoms with Gasteiger partial charge in [-0.25, -0.2) is 0 Å². The zero-order valence-corrected chi connectivity index (χ0v) is 10.4. The summed E-state index contributed by atoms with van der Waals surface area (Å²) in [5.41, 5.74) is 2.63. The first kappa shape index (κ1) is 13.5. The predicted octanol–water partition coefficient (Wildman–Crippen LogP) is 2.21. The van der Waals surface area contributed by atoms with Crippen molar-refractivity contribution in [3.05, 3.63) is 28.8 Å². The SMILES string of the molecule is COc1cc(C)c(C(O)CCC(=O)O)c(C)c1. The molecule has 4 nitrogen and oxygen atoms in total. The van der Waals surface area contributed by atoms with Crippen molar-refractivity contribution in [2.24, 2.45) is 0 Å². The first-order chi connectivity index (χ1) is 7.95. The van der Waals surface area contributed by atoms with Crippen LogP contribution in [0.3, 0.4) is 0 Å². The maximum Gasteiger partial charge on any atom is 0.303 e. The van der Waals surface area contributed by atoms with Crippen molar-refractivity contribution in [3.8, 4) is 5.75 Å². The molecule has 94 valence electrons. The van der Waals surface area contributed by atoms with Gasteiger partial charge in [-0.05, 0) is 49.1 Å². The Bertz CT molecular complexity index is 389. The number of aryl methyl sites for hydroxylation is 2. The van der Waals surface area contributed by atoms with Gasteiger partial charge in [0.2, 0.25) is 0 Å². The molecular formula is C13H18O4. The topological polar surface area (TPSA) is 66.8 Å². The van der Waals surface area contributed by atoms with Crippen LogP contribution in [0, 0.1) is 13.8 Å². The molecule has 1 aromatic rings. The lowest BCUT2D eigenvalue weighted by Gasteiger charge is -2.17. The Morgan fingerprint density at radius 1 is 1.35 bits per heavy atom. The Morgan fingerprint density at radius 3 is 2.29 bits per heavy atom. The maximum absolute atomic E-state index is 10.5. The van der Waals surface area contributed by atoms with E-state index in [0.717, 1.165) is 22.4 Å². The molecule has 0 aliphatic carbocycles. The van der Waals surface area contributed by atoms with Crippen LogP contribution in [0.5, 0.6) is 5.75 Å². The van der Waals surface area contributed by atoms with Crippen molar-refractivity contribution < 1.29 is 19.7 Å². The van der Waals surface area contributed by atoms with Crippen molar-refractivity contribution in [2.75, 3.05) is 7.11 Å². The number of methoxy groups -OCH3 is 1. The lowest BCUT2D eigenvalue weighted by molar-refractivity contribution is -0.137. The normalized spacial score (nSPS) is 12.2. The van der Waals surface area contributed by atoms with Gasteiger partial charge >= 0.3 is 5.97 Å². The first-order valence-corrected chi connectivity index (χ1v) is 5.50. The molecule has 0 bridgehead atoms. The monoisotopic (exact) mass is 238 g/mol. The summed E-state index contributed by atoms with van der Waals surface area (Å²) < 4.78 is 5.13. The van der Waals surface area contributed by atoms with E-state index in [-0.39, 0.29) is 12.8 Å². The van der Waals surface area contributed by atoms with Crippen LogP contribution in [0.2, 0.25) is 0 Å². The number of carbonyl (C=O) groups is 1. The molecule has 4 heteroatoms. The van der Waals surface area contributed by atoms with Gasteiger partial charge in [0.25, 0.3) is 0 Å². The number of aliphatic hydroxyl groups is 1. The zero-order valence-electron chi connectivity index (χ0n) is 10.4. The van der Waals surface area contributed by atoms with Gasteiger partial charge in [-0.2, -0.15) is 0 Å². The molecule has 0 fully saturated rings. The first-order valence-electron chi connectivity index (χ1n) is 5.50.